The van der Waals surface area contributed by atoms with E-state index < -0.39 is 20.5 Å². The third kappa shape index (κ3) is 1.99. The number of ether oxygens (including phenoxy) is 1. The summed E-state index contributed by atoms with van der Waals surface area (Å²) in [6.45, 7) is 5.48. The molecule has 0 fully saturated rings. The molecule has 0 aromatic rings. The molecular formula is C12H18O4S. The zero-order chi connectivity index (χ0) is 13.2. The van der Waals surface area contributed by atoms with Gasteiger partial charge in [-0.05, 0) is 12.5 Å². The molecule has 0 aromatic heterocycles. The van der Waals surface area contributed by atoms with Crippen molar-refractivity contribution >= 4 is 10.1 Å². The Labute approximate surface area is 102 Å². The summed E-state index contributed by atoms with van der Waals surface area (Å²) in [5.74, 6) is 0. The third-order valence-corrected chi connectivity index (χ3v) is 4.78. The van der Waals surface area contributed by atoms with Crippen LogP contribution < -0.4 is 0 Å². The maximum Gasteiger partial charge on any atom is 0.277 e. The number of hydrogen-bond donors (Lipinski definition) is 1. The Bertz CT molecular complexity index is 449. The van der Waals surface area contributed by atoms with Crippen LogP contribution in [0.3, 0.4) is 0 Å². The largest absolute Gasteiger partial charge is 0.368 e. The van der Waals surface area contributed by atoms with Crippen LogP contribution in [0.1, 0.15) is 19.8 Å². The molecule has 96 valence electrons. The lowest BCUT2D eigenvalue weighted by Crippen LogP contribution is -2.57. The van der Waals surface area contributed by atoms with Gasteiger partial charge in [0.05, 0.1) is 0 Å². The van der Waals surface area contributed by atoms with Crippen molar-refractivity contribution in [1.29, 1.82) is 0 Å². The van der Waals surface area contributed by atoms with Crippen molar-refractivity contribution in [2.75, 3.05) is 7.11 Å². The summed E-state index contributed by atoms with van der Waals surface area (Å²) in [6, 6.07) is 0. The van der Waals surface area contributed by atoms with Crippen LogP contribution in [0, 0.1) is 0 Å². The fourth-order valence-electron chi connectivity index (χ4n) is 2.31. The minimum atomic E-state index is -4.32. The van der Waals surface area contributed by atoms with Crippen molar-refractivity contribution in [2.45, 2.75) is 30.1 Å². The molecule has 1 aliphatic carbocycles. The van der Waals surface area contributed by atoms with Crippen LogP contribution in [0.2, 0.25) is 0 Å². The van der Waals surface area contributed by atoms with Crippen LogP contribution >= 0.6 is 0 Å². The second kappa shape index (κ2) is 4.76. The topological polar surface area (TPSA) is 63.6 Å². The highest BCUT2D eigenvalue weighted by Gasteiger charge is 2.56. The smallest absolute Gasteiger partial charge is 0.277 e. The SMILES string of the molecule is C=CC1(OC)C=CC=CC1(CCC)S(=O)(=O)O. The van der Waals surface area contributed by atoms with Crippen LogP contribution in [0.5, 0.6) is 0 Å². The molecule has 0 aliphatic heterocycles. The standard InChI is InChI=1S/C12H18O4S/c1-4-8-12(17(13,14)15)10-7-6-9-11(12,5-2)16-3/h5-7,9-10H,2,4,8H2,1,3H3,(H,13,14,15). The van der Waals surface area contributed by atoms with Gasteiger partial charge in [-0.3, -0.25) is 4.55 Å². The molecule has 0 heterocycles. The van der Waals surface area contributed by atoms with Gasteiger partial charge in [-0.25, -0.2) is 0 Å². The summed E-state index contributed by atoms with van der Waals surface area (Å²) in [7, 11) is -2.91. The maximum atomic E-state index is 11.8. The van der Waals surface area contributed by atoms with E-state index in [1.807, 2.05) is 6.92 Å². The predicted molar refractivity (Wildman–Crippen MR) is 67.4 cm³/mol. The van der Waals surface area contributed by atoms with Crippen molar-refractivity contribution < 1.29 is 17.7 Å². The summed E-state index contributed by atoms with van der Waals surface area (Å²) < 4.78 is 37.0. The molecule has 0 radical (unpaired) electrons. The molecule has 2 atom stereocenters. The highest BCUT2D eigenvalue weighted by molar-refractivity contribution is 7.87. The van der Waals surface area contributed by atoms with Crippen LogP contribution in [0.15, 0.2) is 37.0 Å². The molecule has 0 aromatic carbocycles. The Morgan fingerprint density at radius 1 is 1.41 bits per heavy atom. The van der Waals surface area contributed by atoms with Gasteiger partial charge in [0.1, 0.15) is 5.60 Å². The minimum absolute atomic E-state index is 0.256. The van der Waals surface area contributed by atoms with Gasteiger partial charge in [0.2, 0.25) is 0 Å². The van der Waals surface area contributed by atoms with E-state index in [1.54, 1.807) is 18.2 Å². The predicted octanol–water partition coefficient (Wildman–Crippen LogP) is 2.11. The number of methoxy groups -OCH3 is 1. The first-order chi connectivity index (χ1) is 7.89. The molecule has 0 saturated heterocycles. The van der Waals surface area contributed by atoms with E-state index in [2.05, 4.69) is 6.58 Å². The highest BCUT2D eigenvalue weighted by atomic mass is 32.2. The van der Waals surface area contributed by atoms with Crippen molar-refractivity contribution in [3.8, 4) is 0 Å². The number of rotatable bonds is 5. The Morgan fingerprint density at radius 3 is 2.41 bits per heavy atom. The molecule has 1 rings (SSSR count). The van der Waals surface area contributed by atoms with Crippen molar-refractivity contribution in [3.05, 3.63) is 37.0 Å². The summed E-state index contributed by atoms with van der Waals surface area (Å²) in [6.07, 6.45) is 8.62. The van der Waals surface area contributed by atoms with Gasteiger partial charge in [-0.1, -0.05) is 44.2 Å². The Balaban J connectivity index is 3.51. The quantitative estimate of drug-likeness (QED) is 0.606. The molecule has 0 bridgehead atoms. The van der Waals surface area contributed by atoms with E-state index in [-0.39, 0.29) is 6.42 Å². The lowest BCUT2D eigenvalue weighted by atomic mass is 9.80. The molecule has 0 spiro atoms. The average molecular weight is 258 g/mol. The second-order valence-electron chi connectivity index (χ2n) is 4.03. The Morgan fingerprint density at radius 2 is 2.00 bits per heavy atom. The van der Waals surface area contributed by atoms with E-state index in [0.29, 0.717) is 6.42 Å². The van der Waals surface area contributed by atoms with Gasteiger partial charge in [0, 0.05) is 7.11 Å². The maximum absolute atomic E-state index is 11.8. The first kappa shape index (κ1) is 14.2. The van der Waals surface area contributed by atoms with E-state index in [4.69, 9.17) is 4.74 Å². The molecule has 0 saturated carbocycles. The lowest BCUT2D eigenvalue weighted by molar-refractivity contribution is 0.0427. The molecular weight excluding hydrogens is 240 g/mol. The normalized spacial score (nSPS) is 32.6. The number of allylic oxidation sites excluding steroid dienone is 2. The molecule has 4 nitrogen and oxygen atoms in total. The monoisotopic (exact) mass is 258 g/mol. The third-order valence-electron chi connectivity index (χ3n) is 3.20. The van der Waals surface area contributed by atoms with Crippen molar-refractivity contribution in [3.63, 3.8) is 0 Å². The van der Waals surface area contributed by atoms with E-state index in [9.17, 15) is 13.0 Å². The summed E-state index contributed by atoms with van der Waals surface area (Å²) in [5.41, 5.74) is -1.23. The average Bonchev–Trinajstić information content (AvgIpc) is 2.29. The molecule has 2 unspecified atom stereocenters. The van der Waals surface area contributed by atoms with E-state index in [1.165, 1.54) is 19.3 Å². The summed E-state index contributed by atoms with van der Waals surface area (Å²) >= 11 is 0. The first-order valence-electron chi connectivity index (χ1n) is 5.42. The molecule has 0 amide bonds. The van der Waals surface area contributed by atoms with Crippen LogP contribution in [0.4, 0.5) is 0 Å². The molecule has 1 aliphatic rings. The second-order valence-corrected chi connectivity index (χ2v) is 5.71. The summed E-state index contributed by atoms with van der Waals surface area (Å²) in [4.78, 5) is 0. The van der Waals surface area contributed by atoms with Crippen molar-refractivity contribution in [2.24, 2.45) is 0 Å². The highest BCUT2D eigenvalue weighted by Crippen LogP contribution is 2.42. The first-order valence-corrected chi connectivity index (χ1v) is 6.86. The minimum Gasteiger partial charge on any atom is -0.368 e. The van der Waals surface area contributed by atoms with Gasteiger partial charge in [0.25, 0.3) is 10.1 Å². The molecule has 5 heteroatoms. The Hall–Kier alpha value is -0.910. The van der Waals surface area contributed by atoms with Crippen molar-refractivity contribution in [1.82, 2.24) is 0 Å². The van der Waals surface area contributed by atoms with Crippen LogP contribution in [0.25, 0.3) is 0 Å². The van der Waals surface area contributed by atoms with Gasteiger partial charge in [-0.15, -0.1) is 0 Å². The molecule has 1 N–H and O–H groups in total. The van der Waals surface area contributed by atoms with E-state index >= 15 is 0 Å². The van der Waals surface area contributed by atoms with Crippen LogP contribution in [-0.2, 0) is 14.9 Å². The van der Waals surface area contributed by atoms with Gasteiger partial charge >= 0.3 is 0 Å². The Kier molecular flexibility index (Phi) is 3.96. The van der Waals surface area contributed by atoms with Crippen LogP contribution in [-0.4, -0.2) is 30.4 Å². The zero-order valence-electron chi connectivity index (χ0n) is 10.1. The molecule has 17 heavy (non-hydrogen) atoms. The van der Waals surface area contributed by atoms with Gasteiger partial charge in [0.15, 0.2) is 4.75 Å². The fraction of sp³-hybridized carbons (Fsp3) is 0.500. The van der Waals surface area contributed by atoms with Gasteiger partial charge < -0.3 is 4.74 Å². The lowest BCUT2D eigenvalue weighted by Gasteiger charge is -2.43. The van der Waals surface area contributed by atoms with Gasteiger partial charge in [-0.2, -0.15) is 8.42 Å². The zero-order valence-corrected chi connectivity index (χ0v) is 10.9. The summed E-state index contributed by atoms with van der Waals surface area (Å²) in [5, 5.41) is 0. The number of hydrogen-bond acceptors (Lipinski definition) is 3. The fourth-order valence-corrected chi connectivity index (χ4v) is 3.66. The van der Waals surface area contributed by atoms with E-state index in [0.717, 1.165) is 0 Å².